The first-order valence-electron chi connectivity index (χ1n) is 7.85. The SMILES string of the molecule is Cc1ccc(C)c(OCC(=O)N(C)CC(=O)Nc2ccccc2Br)c1. The number of hydrogen-bond acceptors (Lipinski definition) is 3. The highest BCUT2D eigenvalue weighted by molar-refractivity contribution is 9.10. The maximum atomic E-state index is 12.2. The zero-order valence-corrected chi connectivity index (χ0v) is 16.1. The number of halogens is 1. The number of anilines is 1. The van der Waals surface area contributed by atoms with Crippen LogP contribution in [-0.4, -0.2) is 36.9 Å². The van der Waals surface area contributed by atoms with Gasteiger partial charge in [0.2, 0.25) is 5.91 Å². The summed E-state index contributed by atoms with van der Waals surface area (Å²) in [6, 6.07) is 13.1. The van der Waals surface area contributed by atoms with Crippen molar-refractivity contribution in [2.75, 3.05) is 25.5 Å². The Morgan fingerprint density at radius 3 is 2.60 bits per heavy atom. The molecule has 0 spiro atoms. The van der Waals surface area contributed by atoms with E-state index in [0.717, 1.165) is 15.6 Å². The molecule has 0 radical (unpaired) electrons. The number of para-hydroxylation sites is 1. The Hall–Kier alpha value is -2.34. The molecule has 132 valence electrons. The van der Waals surface area contributed by atoms with Crippen molar-refractivity contribution in [3.8, 4) is 5.75 Å². The number of nitrogens with zero attached hydrogens (tertiary/aromatic N) is 1. The third-order valence-electron chi connectivity index (χ3n) is 3.65. The largest absolute Gasteiger partial charge is 0.483 e. The van der Waals surface area contributed by atoms with Gasteiger partial charge in [-0.1, -0.05) is 24.3 Å². The molecule has 0 unspecified atom stereocenters. The van der Waals surface area contributed by atoms with Crippen molar-refractivity contribution in [3.63, 3.8) is 0 Å². The van der Waals surface area contributed by atoms with Crippen LogP contribution in [0.15, 0.2) is 46.9 Å². The van der Waals surface area contributed by atoms with Crippen molar-refractivity contribution in [1.82, 2.24) is 4.90 Å². The van der Waals surface area contributed by atoms with Crippen LogP contribution in [0, 0.1) is 13.8 Å². The van der Waals surface area contributed by atoms with Gasteiger partial charge in [-0.05, 0) is 59.1 Å². The summed E-state index contributed by atoms with van der Waals surface area (Å²) in [7, 11) is 1.58. The molecule has 0 heterocycles. The Kier molecular flexibility index (Phi) is 6.58. The molecule has 1 N–H and O–H groups in total. The van der Waals surface area contributed by atoms with Gasteiger partial charge in [0.25, 0.3) is 5.91 Å². The normalized spacial score (nSPS) is 10.2. The van der Waals surface area contributed by atoms with Crippen LogP contribution in [0.2, 0.25) is 0 Å². The van der Waals surface area contributed by atoms with Crippen molar-refractivity contribution in [2.45, 2.75) is 13.8 Å². The maximum absolute atomic E-state index is 12.2. The minimum atomic E-state index is -0.269. The molecule has 5 nitrogen and oxygen atoms in total. The van der Waals surface area contributed by atoms with Gasteiger partial charge in [0.15, 0.2) is 6.61 Å². The molecule has 2 rings (SSSR count). The molecule has 2 amide bonds. The van der Waals surface area contributed by atoms with Gasteiger partial charge in [-0.2, -0.15) is 0 Å². The fraction of sp³-hybridized carbons (Fsp3) is 0.263. The van der Waals surface area contributed by atoms with Gasteiger partial charge in [0.1, 0.15) is 5.75 Å². The molecular formula is C19H21BrN2O3. The van der Waals surface area contributed by atoms with E-state index in [4.69, 9.17) is 4.74 Å². The van der Waals surface area contributed by atoms with Crippen LogP contribution in [0.25, 0.3) is 0 Å². The molecule has 0 aliphatic heterocycles. The topological polar surface area (TPSA) is 58.6 Å². The molecule has 0 aliphatic carbocycles. The minimum absolute atomic E-state index is 0.0453. The van der Waals surface area contributed by atoms with E-state index in [1.165, 1.54) is 4.90 Å². The third-order valence-corrected chi connectivity index (χ3v) is 4.34. The van der Waals surface area contributed by atoms with Gasteiger partial charge >= 0.3 is 0 Å². The molecule has 0 aliphatic rings. The van der Waals surface area contributed by atoms with Gasteiger partial charge in [0.05, 0.1) is 12.2 Å². The number of carbonyl (C=O) groups is 2. The van der Waals surface area contributed by atoms with E-state index in [-0.39, 0.29) is 25.0 Å². The van der Waals surface area contributed by atoms with E-state index >= 15 is 0 Å². The van der Waals surface area contributed by atoms with Crippen molar-refractivity contribution < 1.29 is 14.3 Å². The number of amides is 2. The lowest BCUT2D eigenvalue weighted by atomic mass is 10.1. The van der Waals surface area contributed by atoms with Crippen LogP contribution in [0.1, 0.15) is 11.1 Å². The summed E-state index contributed by atoms with van der Waals surface area (Å²) in [4.78, 5) is 25.6. The highest BCUT2D eigenvalue weighted by Crippen LogP contribution is 2.21. The van der Waals surface area contributed by atoms with Crippen molar-refractivity contribution >= 4 is 33.4 Å². The smallest absolute Gasteiger partial charge is 0.260 e. The molecule has 0 bridgehead atoms. The van der Waals surface area contributed by atoms with E-state index in [9.17, 15) is 9.59 Å². The molecular weight excluding hydrogens is 384 g/mol. The summed E-state index contributed by atoms with van der Waals surface area (Å²) in [6.07, 6.45) is 0. The summed E-state index contributed by atoms with van der Waals surface area (Å²) in [6.45, 7) is 3.74. The van der Waals surface area contributed by atoms with E-state index in [2.05, 4.69) is 21.2 Å². The predicted octanol–water partition coefficient (Wildman–Crippen LogP) is 3.54. The van der Waals surface area contributed by atoms with Crippen molar-refractivity contribution in [3.05, 3.63) is 58.1 Å². The second-order valence-electron chi connectivity index (χ2n) is 5.84. The number of rotatable bonds is 6. The van der Waals surface area contributed by atoms with E-state index < -0.39 is 0 Å². The first kappa shape index (κ1) is 19.0. The second-order valence-corrected chi connectivity index (χ2v) is 6.69. The quantitative estimate of drug-likeness (QED) is 0.800. The number of aryl methyl sites for hydroxylation is 2. The fourth-order valence-electron chi connectivity index (χ4n) is 2.17. The van der Waals surface area contributed by atoms with E-state index in [1.807, 2.05) is 50.2 Å². The standard InChI is InChI=1S/C19H21BrN2O3/c1-13-8-9-14(2)17(10-13)25-12-19(24)22(3)11-18(23)21-16-7-5-4-6-15(16)20/h4-10H,11-12H2,1-3H3,(H,21,23). The monoisotopic (exact) mass is 404 g/mol. The predicted molar refractivity (Wildman–Crippen MR) is 102 cm³/mol. The van der Waals surface area contributed by atoms with E-state index in [1.54, 1.807) is 13.1 Å². The van der Waals surface area contributed by atoms with E-state index in [0.29, 0.717) is 11.4 Å². The van der Waals surface area contributed by atoms with Crippen LogP contribution < -0.4 is 10.1 Å². The first-order chi connectivity index (χ1) is 11.9. The number of nitrogens with one attached hydrogen (secondary N) is 1. The van der Waals surface area contributed by atoms with Crippen LogP contribution in [0.4, 0.5) is 5.69 Å². The number of carbonyl (C=O) groups excluding carboxylic acids is 2. The summed E-state index contributed by atoms with van der Waals surface area (Å²) >= 11 is 3.37. The molecule has 0 saturated heterocycles. The van der Waals surface area contributed by atoms with Crippen LogP contribution in [-0.2, 0) is 9.59 Å². The zero-order valence-electron chi connectivity index (χ0n) is 14.5. The zero-order chi connectivity index (χ0) is 18.4. The van der Waals surface area contributed by atoms with Gasteiger partial charge in [-0.25, -0.2) is 0 Å². The number of hydrogen-bond donors (Lipinski definition) is 1. The number of benzene rings is 2. The average Bonchev–Trinajstić information content (AvgIpc) is 2.57. The van der Waals surface area contributed by atoms with Gasteiger partial charge < -0.3 is 15.0 Å². The summed E-state index contributed by atoms with van der Waals surface area (Å²) < 4.78 is 6.38. The highest BCUT2D eigenvalue weighted by atomic mass is 79.9. The van der Waals surface area contributed by atoms with Crippen molar-refractivity contribution in [1.29, 1.82) is 0 Å². The summed E-state index contributed by atoms with van der Waals surface area (Å²) in [5, 5.41) is 2.77. The van der Waals surface area contributed by atoms with Gasteiger partial charge in [0, 0.05) is 11.5 Å². The average molecular weight is 405 g/mol. The Labute approximate surface area is 156 Å². The molecule has 6 heteroatoms. The fourth-order valence-corrected chi connectivity index (χ4v) is 2.55. The van der Waals surface area contributed by atoms with Crippen LogP contribution in [0.5, 0.6) is 5.75 Å². The van der Waals surface area contributed by atoms with Crippen LogP contribution >= 0.6 is 15.9 Å². The van der Waals surface area contributed by atoms with Crippen molar-refractivity contribution in [2.24, 2.45) is 0 Å². The molecule has 2 aromatic carbocycles. The van der Waals surface area contributed by atoms with Gasteiger partial charge in [-0.3, -0.25) is 9.59 Å². The number of ether oxygens (including phenoxy) is 1. The maximum Gasteiger partial charge on any atom is 0.260 e. The Morgan fingerprint density at radius 2 is 1.88 bits per heavy atom. The molecule has 25 heavy (non-hydrogen) atoms. The summed E-state index contributed by atoms with van der Waals surface area (Å²) in [5.41, 5.74) is 2.70. The molecule has 0 fully saturated rings. The third kappa shape index (κ3) is 5.60. The first-order valence-corrected chi connectivity index (χ1v) is 8.64. The highest BCUT2D eigenvalue weighted by Gasteiger charge is 2.15. The lowest BCUT2D eigenvalue weighted by Crippen LogP contribution is -2.37. The summed E-state index contributed by atoms with van der Waals surface area (Å²) in [5.74, 6) is 0.150. The van der Waals surface area contributed by atoms with Crippen LogP contribution in [0.3, 0.4) is 0 Å². The Balaban J connectivity index is 1.86. The molecule has 2 aromatic rings. The number of likely N-dealkylation sites (N-methyl/N-ethyl adjacent to an activating group) is 1. The molecule has 0 aromatic heterocycles. The molecule has 0 saturated carbocycles. The van der Waals surface area contributed by atoms with Gasteiger partial charge in [-0.15, -0.1) is 0 Å². The second kappa shape index (κ2) is 8.67. The Morgan fingerprint density at radius 1 is 1.16 bits per heavy atom. The molecule has 0 atom stereocenters. The Bertz CT molecular complexity index is 777. The minimum Gasteiger partial charge on any atom is -0.483 e. The lowest BCUT2D eigenvalue weighted by Gasteiger charge is -2.18. The lowest BCUT2D eigenvalue weighted by molar-refractivity contribution is -0.135.